The number of nitrogens with one attached hydrogen (secondary N) is 1. The lowest BCUT2D eigenvalue weighted by atomic mass is 10.0. The average molecular weight is 277 g/mol. The lowest BCUT2D eigenvalue weighted by molar-refractivity contribution is -0.121. The minimum absolute atomic E-state index is 0.0605. The Balaban J connectivity index is 2.24. The fourth-order valence-corrected chi connectivity index (χ4v) is 2.22. The molecule has 3 heteroatoms. The Labute approximate surface area is 122 Å². The van der Waals surface area contributed by atoms with E-state index in [4.69, 9.17) is 0 Å². The molecule has 0 spiro atoms. The third-order valence-corrected chi connectivity index (χ3v) is 3.44. The smallest absolute Gasteiger partial charge is 0.220 e. The van der Waals surface area contributed by atoms with Gasteiger partial charge >= 0.3 is 0 Å². The van der Waals surface area contributed by atoms with E-state index in [9.17, 15) is 9.90 Å². The molecular formula is C17H27NO2. The number of carbonyl (C=O) groups excluding carboxylic acids is 1. The lowest BCUT2D eigenvalue weighted by Crippen LogP contribution is -2.32. The van der Waals surface area contributed by atoms with E-state index in [1.807, 2.05) is 12.1 Å². The van der Waals surface area contributed by atoms with Crippen LogP contribution in [-0.4, -0.2) is 17.1 Å². The molecule has 0 bridgehead atoms. The fraction of sp³-hybridized carbons (Fsp3) is 0.588. The van der Waals surface area contributed by atoms with Crippen molar-refractivity contribution in [3.05, 3.63) is 29.8 Å². The first-order valence-corrected chi connectivity index (χ1v) is 7.55. The number of benzene rings is 1. The van der Waals surface area contributed by atoms with E-state index in [0.717, 1.165) is 24.3 Å². The lowest BCUT2D eigenvalue weighted by Gasteiger charge is -2.14. The van der Waals surface area contributed by atoms with Crippen molar-refractivity contribution < 1.29 is 9.90 Å². The number of aromatic hydroxyl groups is 1. The van der Waals surface area contributed by atoms with Crippen LogP contribution in [0.25, 0.3) is 0 Å². The molecule has 0 aliphatic rings. The van der Waals surface area contributed by atoms with E-state index in [1.165, 1.54) is 6.42 Å². The summed E-state index contributed by atoms with van der Waals surface area (Å²) in [5.41, 5.74) is 0.829. The highest BCUT2D eigenvalue weighted by Crippen LogP contribution is 2.17. The van der Waals surface area contributed by atoms with Crippen molar-refractivity contribution in [2.45, 2.75) is 58.9 Å². The average Bonchev–Trinajstić information content (AvgIpc) is 2.37. The quantitative estimate of drug-likeness (QED) is 0.762. The Morgan fingerprint density at radius 2 is 1.90 bits per heavy atom. The first kappa shape index (κ1) is 16.5. The molecule has 1 atom stereocenters. The van der Waals surface area contributed by atoms with Gasteiger partial charge in [-0.15, -0.1) is 0 Å². The second-order valence-electron chi connectivity index (χ2n) is 5.92. The molecule has 0 heterocycles. The van der Waals surface area contributed by atoms with Crippen molar-refractivity contribution in [2.24, 2.45) is 5.92 Å². The Bertz CT molecular complexity index is 415. The summed E-state index contributed by atoms with van der Waals surface area (Å²) in [6.07, 6.45) is 4.39. The summed E-state index contributed by atoms with van der Waals surface area (Å²) >= 11 is 0. The maximum atomic E-state index is 11.8. The normalized spacial score (nSPS) is 12.4. The fourth-order valence-electron chi connectivity index (χ4n) is 2.22. The first-order chi connectivity index (χ1) is 9.49. The number of hydrogen-bond acceptors (Lipinski definition) is 2. The maximum Gasteiger partial charge on any atom is 0.220 e. The zero-order chi connectivity index (χ0) is 15.0. The van der Waals surface area contributed by atoms with Crippen LogP contribution in [0.4, 0.5) is 0 Å². The number of phenols is 1. The number of phenolic OH excluding ortho intramolecular Hbond substituents is 1. The van der Waals surface area contributed by atoms with Crippen LogP contribution in [-0.2, 0) is 11.2 Å². The number of aryl methyl sites for hydroxylation is 1. The standard InChI is InChI=1S/C17H27NO2/c1-13(2)7-6-8-14(3)18-17(20)12-11-15-9-4-5-10-16(15)19/h4-5,9-10,13-14,19H,6-8,11-12H2,1-3H3,(H,18,20). The molecule has 20 heavy (non-hydrogen) atoms. The summed E-state index contributed by atoms with van der Waals surface area (Å²) in [6.45, 7) is 6.49. The molecule has 0 aliphatic carbocycles. The van der Waals surface area contributed by atoms with Crippen LogP contribution in [0, 0.1) is 5.92 Å². The molecule has 0 saturated heterocycles. The number of rotatable bonds is 8. The third-order valence-electron chi connectivity index (χ3n) is 3.44. The van der Waals surface area contributed by atoms with Crippen molar-refractivity contribution in [2.75, 3.05) is 0 Å². The van der Waals surface area contributed by atoms with E-state index >= 15 is 0 Å². The summed E-state index contributed by atoms with van der Waals surface area (Å²) in [7, 11) is 0. The molecule has 0 aromatic heterocycles. The zero-order valence-electron chi connectivity index (χ0n) is 12.9. The predicted molar refractivity (Wildman–Crippen MR) is 82.7 cm³/mol. The van der Waals surface area contributed by atoms with Crippen LogP contribution in [0.1, 0.15) is 52.0 Å². The highest BCUT2D eigenvalue weighted by molar-refractivity contribution is 5.76. The van der Waals surface area contributed by atoms with Crippen molar-refractivity contribution >= 4 is 5.91 Å². The summed E-state index contributed by atoms with van der Waals surface area (Å²) in [5, 5.41) is 12.7. The Hall–Kier alpha value is -1.51. The minimum atomic E-state index is 0.0605. The molecule has 112 valence electrons. The van der Waals surface area contributed by atoms with Crippen LogP contribution in [0.15, 0.2) is 24.3 Å². The summed E-state index contributed by atoms with van der Waals surface area (Å²) in [5.74, 6) is 1.05. The van der Waals surface area contributed by atoms with E-state index in [0.29, 0.717) is 12.8 Å². The van der Waals surface area contributed by atoms with Crippen LogP contribution < -0.4 is 5.32 Å². The largest absolute Gasteiger partial charge is 0.508 e. The molecule has 1 amide bonds. The first-order valence-electron chi connectivity index (χ1n) is 7.55. The zero-order valence-corrected chi connectivity index (χ0v) is 12.9. The second-order valence-corrected chi connectivity index (χ2v) is 5.92. The number of hydrogen-bond donors (Lipinski definition) is 2. The molecule has 1 aromatic carbocycles. The van der Waals surface area contributed by atoms with Gasteiger partial charge in [-0.2, -0.15) is 0 Å². The number of amides is 1. The van der Waals surface area contributed by atoms with Gasteiger partial charge in [-0.25, -0.2) is 0 Å². The summed E-state index contributed by atoms with van der Waals surface area (Å²) < 4.78 is 0. The highest BCUT2D eigenvalue weighted by Gasteiger charge is 2.09. The van der Waals surface area contributed by atoms with E-state index in [-0.39, 0.29) is 17.7 Å². The SMILES string of the molecule is CC(C)CCCC(C)NC(=O)CCc1ccccc1O. The molecule has 1 unspecified atom stereocenters. The van der Waals surface area contributed by atoms with Gasteiger partial charge in [-0.1, -0.05) is 44.9 Å². The maximum absolute atomic E-state index is 11.8. The molecule has 3 nitrogen and oxygen atoms in total. The van der Waals surface area contributed by atoms with Gasteiger partial charge in [0.05, 0.1) is 0 Å². The molecule has 0 aliphatic heterocycles. The molecule has 0 radical (unpaired) electrons. The predicted octanol–water partition coefficient (Wildman–Crippen LogP) is 3.66. The number of carbonyl (C=O) groups is 1. The Morgan fingerprint density at radius 3 is 2.55 bits per heavy atom. The molecule has 0 fully saturated rings. The van der Waals surface area contributed by atoms with Gasteiger partial charge in [-0.05, 0) is 37.3 Å². The molecule has 0 saturated carbocycles. The van der Waals surface area contributed by atoms with Gasteiger partial charge < -0.3 is 10.4 Å². The van der Waals surface area contributed by atoms with Gasteiger partial charge in [0.2, 0.25) is 5.91 Å². The third kappa shape index (κ3) is 6.60. The van der Waals surface area contributed by atoms with Crippen LogP contribution >= 0.6 is 0 Å². The summed E-state index contributed by atoms with van der Waals surface area (Å²) in [4.78, 5) is 11.8. The van der Waals surface area contributed by atoms with E-state index in [1.54, 1.807) is 12.1 Å². The van der Waals surface area contributed by atoms with Gasteiger partial charge in [0.1, 0.15) is 5.75 Å². The van der Waals surface area contributed by atoms with Gasteiger partial charge in [0.25, 0.3) is 0 Å². The summed E-state index contributed by atoms with van der Waals surface area (Å²) in [6, 6.07) is 7.40. The van der Waals surface area contributed by atoms with Gasteiger partial charge in [-0.3, -0.25) is 4.79 Å². The van der Waals surface area contributed by atoms with Crippen molar-refractivity contribution in [3.63, 3.8) is 0 Å². The molecule has 1 aromatic rings. The van der Waals surface area contributed by atoms with Crippen LogP contribution in [0.5, 0.6) is 5.75 Å². The highest BCUT2D eigenvalue weighted by atomic mass is 16.3. The van der Waals surface area contributed by atoms with Crippen molar-refractivity contribution in [1.29, 1.82) is 0 Å². The van der Waals surface area contributed by atoms with Gasteiger partial charge in [0.15, 0.2) is 0 Å². The van der Waals surface area contributed by atoms with Crippen LogP contribution in [0.2, 0.25) is 0 Å². The van der Waals surface area contributed by atoms with Crippen molar-refractivity contribution in [3.8, 4) is 5.75 Å². The topological polar surface area (TPSA) is 49.3 Å². The van der Waals surface area contributed by atoms with E-state index < -0.39 is 0 Å². The monoisotopic (exact) mass is 277 g/mol. The Kier molecular flexibility index (Phi) is 7.13. The van der Waals surface area contributed by atoms with Crippen molar-refractivity contribution in [1.82, 2.24) is 5.32 Å². The van der Waals surface area contributed by atoms with Crippen LogP contribution in [0.3, 0.4) is 0 Å². The van der Waals surface area contributed by atoms with E-state index in [2.05, 4.69) is 26.1 Å². The second kappa shape index (κ2) is 8.62. The molecule has 2 N–H and O–H groups in total. The number of para-hydroxylation sites is 1. The minimum Gasteiger partial charge on any atom is -0.508 e. The van der Waals surface area contributed by atoms with Gasteiger partial charge in [0, 0.05) is 12.5 Å². The molecule has 1 rings (SSSR count). The Morgan fingerprint density at radius 1 is 1.20 bits per heavy atom. The molecular weight excluding hydrogens is 250 g/mol.